The van der Waals surface area contributed by atoms with Gasteiger partial charge < -0.3 is 15.3 Å². The summed E-state index contributed by atoms with van der Waals surface area (Å²) in [7, 11) is 0. The van der Waals surface area contributed by atoms with Gasteiger partial charge in [0.05, 0.1) is 12.1 Å². The number of rotatable bonds is 2. The zero-order chi connectivity index (χ0) is 9.47. The highest BCUT2D eigenvalue weighted by Gasteiger charge is 2.37. The molecule has 1 aliphatic carbocycles. The average Bonchev–Trinajstić information content (AvgIpc) is 2.67. The molecule has 0 amide bonds. The zero-order valence-electron chi connectivity index (χ0n) is 7.84. The summed E-state index contributed by atoms with van der Waals surface area (Å²) in [5.74, 6) is 1.93. The molecule has 1 aromatic heterocycles. The van der Waals surface area contributed by atoms with Gasteiger partial charge in [0, 0.05) is 18.4 Å². The number of fused-ring (bicyclic) bond motifs is 1. The summed E-state index contributed by atoms with van der Waals surface area (Å²) >= 11 is 0. The summed E-state index contributed by atoms with van der Waals surface area (Å²) in [5.41, 5.74) is 6.48. The van der Waals surface area contributed by atoms with Crippen LogP contribution in [0.4, 0.5) is 0 Å². The Kier molecular flexibility index (Phi) is 1.93. The van der Waals surface area contributed by atoms with E-state index in [4.69, 9.17) is 10.2 Å². The van der Waals surface area contributed by atoms with Crippen LogP contribution in [-0.4, -0.2) is 11.7 Å². The summed E-state index contributed by atoms with van der Waals surface area (Å²) < 4.78 is 5.58. The minimum Gasteiger partial charge on any atom is -0.466 e. The third-order valence-electron chi connectivity index (χ3n) is 2.83. The van der Waals surface area contributed by atoms with Gasteiger partial charge in [0.25, 0.3) is 0 Å². The van der Waals surface area contributed by atoms with Gasteiger partial charge in [0.1, 0.15) is 11.5 Å². The molecular formula is C10H15NO2. The van der Waals surface area contributed by atoms with Gasteiger partial charge in [-0.25, -0.2) is 0 Å². The van der Waals surface area contributed by atoms with E-state index in [-0.39, 0.29) is 6.61 Å². The van der Waals surface area contributed by atoms with Gasteiger partial charge in [-0.15, -0.1) is 0 Å². The fourth-order valence-electron chi connectivity index (χ4n) is 1.90. The van der Waals surface area contributed by atoms with Crippen LogP contribution < -0.4 is 5.73 Å². The number of furan rings is 1. The molecule has 0 radical (unpaired) electrons. The Labute approximate surface area is 77.5 Å². The Morgan fingerprint density at radius 1 is 1.69 bits per heavy atom. The van der Waals surface area contributed by atoms with Crippen molar-refractivity contribution in [2.24, 2.45) is 5.73 Å². The standard InChI is InChI=1S/C10H15NO2/c1-2-7-5-8-9(13-7)3-4-10(8,11)6-12/h5,12H,2-4,6,11H2,1H3. The van der Waals surface area contributed by atoms with E-state index in [1.807, 2.05) is 13.0 Å². The Morgan fingerprint density at radius 2 is 2.46 bits per heavy atom. The number of hydrogen-bond acceptors (Lipinski definition) is 3. The van der Waals surface area contributed by atoms with Crippen molar-refractivity contribution in [3.63, 3.8) is 0 Å². The van der Waals surface area contributed by atoms with Gasteiger partial charge in [0.15, 0.2) is 0 Å². The molecular weight excluding hydrogens is 166 g/mol. The van der Waals surface area contributed by atoms with Gasteiger partial charge in [-0.1, -0.05) is 6.92 Å². The minimum absolute atomic E-state index is 0.00267. The summed E-state index contributed by atoms with van der Waals surface area (Å²) in [6, 6.07) is 1.98. The zero-order valence-corrected chi connectivity index (χ0v) is 7.84. The molecule has 0 aliphatic heterocycles. The minimum atomic E-state index is -0.549. The van der Waals surface area contributed by atoms with Crippen molar-refractivity contribution in [2.45, 2.75) is 31.7 Å². The van der Waals surface area contributed by atoms with Gasteiger partial charge in [-0.3, -0.25) is 0 Å². The topological polar surface area (TPSA) is 59.4 Å². The van der Waals surface area contributed by atoms with E-state index in [0.717, 1.165) is 36.3 Å². The molecule has 72 valence electrons. The van der Waals surface area contributed by atoms with Crippen LogP contribution in [0.1, 0.15) is 30.4 Å². The summed E-state index contributed by atoms with van der Waals surface area (Å²) in [6.45, 7) is 2.05. The van der Waals surface area contributed by atoms with Gasteiger partial charge in [-0.2, -0.15) is 0 Å². The van der Waals surface area contributed by atoms with Crippen LogP contribution in [0.5, 0.6) is 0 Å². The van der Waals surface area contributed by atoms with Crippen LogP contribution in [0.3, 0.4) is 0 Å². The highest BCUT2D eigenvalue weighted by Crippen LogP contribution is 2.36. The predicted molar refractivity (Wildman–Crippen MR) is 49.4 cm³/mol. The van der Waals surface area contributed by atoms with Crippen LogP contribution in [0.2, 0.25) is 0 Å². The first-order valence-electron chi connectivity index (χ1n) is 4.71. The Bertz CT molecular complexity index is 319. The van der Waals surface area contributed by atoms with E-state index in [2.05, 4.69) is 0 Å². The molecule has 1 heterocycles. The molecule has 0 spiro atoms. The number of aliphatic hydroxyl groups excluding tert-OH is 1. The van der Waals surface area contributed by atoms with Crippen molar-refractivity contribution < 1.29 is 9.52 Å². The van der Waals surface area contributed by atoms with Crippen molar-refractivity contribution in [1.29, 1.82) is 0 Å². The third-order valence-corrected chi connectivity index (χ3v) is 2.83. The summed E-state index contributed by atoms with van der Waals surface area (Å²) in [4.78, 5) is 0. The Morgan fingerprint density at radius 3 is 3.08 bits per heavy atom. The predicted octanol–water partition coefficient (Wildman–Crippen LogP) is 0.934. The van der Waals surface area contributed by atoms with Crippen LogP contribution in [-0.2, 0) is 18.4 Å². The lowest BCUT2D eigenvalue weighted by atomic mass is 9.95. The molecule has 1 aromatic rings. The summed E-state index contributed by atoms with van der Waals surface area (Å²) in [6.07, 6.45) is 2.53. The molecule has 0 saturated carbocycles. The van der Waals surface area contributed by atoms with Gasteiger partial charge >= 0.3 is 0 Å². The lowest BCUT2D eigenvalue weighted by molar-refractivity contribution is 0.196. The van der Waals surface area contributed by atoms with E-state index < -0.39 is 5.54 Å². The molecule has 0 saturated heterocycles. The van der Waals surface area contributed by atoms with Crippen molar-refractivity contribution in [1.82, 2.24) is 0 Å². The van der Waals surface area contributed by atoms with E-state index >= 15 is 0 Å². The average molecular weight is 181 g/mol. The molecule has 0 bridgehead atoms. The molecule has 2 rings (SSSR count). The third kappa shape index (κ3) is 1.19. The monoisotopic (exact) mass is 181 g/mol. The summed E-state index contributed by atoms with van der Waals surface area (Å²) in [5, 5.41) is 9.19. The van der Waals surface area contributed by atoms with Crippen LogP contribution >= 0.6 is 0 Å². The van der Waals surface area contributed by atoms with Crippen LogP contribution in [0.25, 0.3) is 0 Å². The molecule has 3 N–H and O–H groups in total. The first-order valence-corrected chi connectivity index (χ1v) is 4.71. The van der Waals surface area contributed by atoms with Crippen molar-refractivity contribution in [2.75, 3.05) is 6.61 Å². The lowest BCUT2D eigenvalue weighted by Gasteiger charge is -2.20. The molecule has 1 unspecified atom stereocenters. The molecule has 0 aromatic carbocycles. The number of aliphatic hydroxyl groups is 1. The second kappa shape index (κ2) is 2.86. The maximum Gasteiger partial charge on any atom is 0.109 e. The molecule has 3 nitrogen and oxygen atoms in total. The van der Waals surface area contributed by atoms with Crippen molar-refractivity contribution >= 4 is 0 Å². The first kappa shape index (κ1) is 8.78. The second-order valence-corrected chi connectivity index (χ2v) is 3.72. The first-order chi connectivity index (χ1) is 6.19. The molecule has 0 fully saturated rings. The SMILES string of the molecule is CCc1cc2c(o1)CCC2(N)CO. The Balaban J connectivity index is 2.41. The van der Waals surface area contributed by atoms with Crippen molar-refractivity contribution in [3.8, 4) is 0 Å². The van der Waals surface area contributed by atoms with E-state index in [9.17, 15) is 5.11 Å². The van der Waals surface area contributed by atoms with Gasteiger partial charge in [0.2, 0.25) is 0 Å². The fourth-order valence-corrected chi connectivity index (χ4v) is 1.90. The lowest BCUT2D eigenvalue weighted by Crippen LogP contribution is -2.37. The second-order valence-electron chi connectivity index (χ2n) is 3.72. The van der Waals surface area contributed by atoms with Gasteiger partial charge in [-0.05, 0) is 12.5 Å². The quantitative estimate of drug-likeness (QED) is 0.713. The smallest absolute Gasteiger partial charge is 0.109 e. The largest absolute Gasteiger partial charge is 0.466 e. The molecule has 1 atom stereocenters. The highest BCUT2D eigenvalue weighted by molar-refractivity contribution is 5.34. The van der Waals surface area contributed by atoms with E-state index in [1.165, 1.54) is 0 Å². The highest BCUT2D eigenvalue weighted by atomic mass is 16.3. The van der Waals surface area contributed by atoms with E-state index in [1.54, 1.807) is 0 Å². The maximum atomic E-state index is 9.19. The number of nitrogens with two attached hydrogens (primary N) is 1. The Hall–Kier alpha value is -0.800. The fraction of sp³-hybridized carbons (Fsp3) is 0.600. The molecule has 1 aliphatic rings. The number of hydrogen-bond donors (Lipinski definition) is 2. The van der Waals surface area contributed by atoms with E-state index in [0.29, 0.717) is 0 Å². The molecule has 13 heavy (non-hydrogen) atoms. The molecule has 3 heteroatoms. The van der Waals surface area contributed by atoms with Crippen LogP contribution in [0, 0.1) is 0 Å². The van der Waals surface area contributed by atoms with Crippen LogP contribution in [0.15, 0.2) is 10.5 Å². The maximum absolute atomic E-state index is 9.19. The number of aryl methyl sites for hydroxylation is 2. The normalized spacial score (nSPS) is 26.4. The van der Waals surface area contributed by atoms with Crippen molar-refractivity contribution in [3.05, 3.63) is 23.2 Å².